The van der Waals surface area contributed by atoms with E-state index in [2.05, 4.69) is 11.5 Å². The van der Waals surface area contributed by atoms with Gasteiger partial charge in [0, 0.05) is 20.3 Å². The van der Waals surface area contributed by atoms with Crippen LogP contribution in [-0.2, 0) is 8.85 Å². The van der Waals surface area contributed by atoms with E-state index in [9.17, 15) is 0 Å². The van der Waals surface area contributed by atoms with Gasteiger partial charge in [0.2, 0.25) is 0 Å². The molecule has 0 spiro atoms. The summed E-state index contributed by atoms with van der Waals surface area (Å²) >= 11 is 0. The first-order valence-corrected chi connectivity index (χ1v) is 7.10. The molecule has 1 aliphatic carbocycles. The second kappa shape index (κ2) is 6.56. The van der Waals surface area contributed by atoms with E-state index in [1.165, 1.54) is 32.1 Å². The Kier molecular flexibility index (Phi) is 5.70. The quantitative estimate of drug-likeness (QED) is 0.654. The van der Waals surface area contributed by atoms with Gasteiger partial charge in [-0.2, -0.15) is 0 Å². The van der Waals surface area contributed by atoms with Crippen molar-refractivity contribution >= 4 is 9.45 Å². The van der Waals surface area contributed by atoms with E-state index < -0.39 is 9.45 Å². The lowest BCUT2D eigenvalue weighted by Gasteiger charge is -2.36. The number of hydrogen-bond donors (Lipinski definition) is 0. The van der Waals surface area contributed by atoms with Gasteiger partial charge in [-0.25, -0.2) is 0 Å². The molecule has 84 valence electrons. The third-order valence-electron chi connectivity index (χ3n) is 3.08. The van der Waals surface area contributed by atoms with Gasteiger partial charge in [-0.15, -0.1) is 0 Å². The van der Waals surface area contributed by atoms with E-state index in [0.29, 0.717) is 6.04 Å². The molecular weight excluding hydrogens is 194 g/mol. The summed E-state index contributed by atoms with van der Waals surface area (Å²) < 4.78 is 13.4. The highest BCUT2D eigenvalue weighted by atomic mass is 28.3. The third-order valence-corrected chi connectivity index (χ3v) is 5.22. The summed E-state index contributed by atoms with van der Waals surface area (Å²) in [5, 5.41) is 0. The number of rotatable bonds is 5. The average Bonchev–Trinajstić information content (AvgIpc) is 2.27. The smallest absolute Gasteiger partial charge is 0.388 e. The molecule has 0 aromatic rings. The van der Waals surface area contributed by atoms with Gasteiger partial charge in [0.15, 0.2) is 0 Å². The van der Waals surface area contributed by atoms with Crippen molar-refractivity contribution in [1.29, 1.82) is 0 Å². The highest BCUT2D eigenvalue weighted by Gasteiger charge is 2.28. The van der Waals surface area contributed by atoms with E-state index in [0.717, 1.165) is 6.54 Å². The Balaban J connectivity index is 2.49. The lowest BCUT2D eigenvalue weighted by molar-refractivity contribution is 0.153. The highest BCUT2D eigenvalue weighted by molar-refractivity contribution is 6.40. The monoisotopic (exact) mass is 217 g/mol. The van der Waals surface area contributed by atoms with Crippen molar-refractivity contribution in [1.82, 2.24) is 4.57 Å². The summed E-state index contributed by atoms with van der Waals surface area (Å²) in [6.45, 7) is 3.26. The minimum absolute atomic E-state index is 0.713. The number of hydrogen-bond acceptors (Lipinski definition) is 3. The Morgan fingerprint density at radius 2 is 1.71 bits per heavy atom. The van der Waals surface area contributed by atoms with E-state index in [1.54, 1.807) is 14.2 Å². The molecule has 0 amide bonds. The molecule has 1 saturated carbocycles. The minimum atomic E-state index is -1.55. The van der Waals surface area contributed by atoms with Gasteiger partial charge in [0.05, 0.1) is 0 Å². The van der Waals surface area contributed by atoms with Gasteiger partial charge in [0.1, 0.15) is 0 Å². The Bertz CT molecular complexity index is 147. The van der Waals surface area contributed by atoms with E-state index in [1.807, 2.05) is 0 Å². The SMILES string of the molecule is CCN(C1CCCCC1)[SiH](OC)OC. The molecular formula is C10H23NO2Si. The fourth-order valence-electron chi connectivity index (χ4n) is 2.36. The van der Waals surface area contributed by atoms with Crippen LogP contribution in [0.2, 0.25) is 0 Å². The normalized spacial score (nSPS) is 19.5. The second-order valence-electron chi connectivity index (χ2n) is 3.90. The van der Waals surface area contributed by atoms with Crippen molar-refractivity contribution in [3.05, 3.63) is 0 Å². The lowest BCUT2D eigenvalue weighted by atomic mass is 9.95. The third kappa shape index (κ3) is 3.05. The van der Waals surface area contributed by atoms with Crippen molar-refractivity contribution in [2.24, 2.45) is 0 Å². The van der Waals surface area contributed by atoms with Crippen LogP contribution in [0.5, 0.6) is 0 Å². The predicted octanol–water partition coefficient (Wildman–Crippen LogP) is 1.65. The van der Waals surface area contributed by atoms with Crippen LogP contribution in [0.3, 0.4) is 0 Å². The molecule has 0 unspecified atom stereocenters. The summed E-state index contributed by atoms with van der Waals surface area (Å²) in [5.41, 5.74) is 0. The summed E-state index contributed by atoms with van der Waals surface area (Å²) in [6.07, 6.45) is 6.79. The second-order valence-corrected chi connectivity index (χ2v) is 6.12. The van der Waals surface area contributed by atoms with Crippen molar-refractivity contribution in [3.63, 3.8) is 0 Å². The first kappa shape index (κ1) is 12.2. The van der Waals surface area contributed by atoms with Crippen LogP contribution in [-0.4, -0.2) is 40.8 Å². The van der Waals surface area contributed by atoms with E-state index >= 15 is 0 Å². The molecule has 3 nitrogen and oxygen atoms in total. The van der Waals surface area contributed by atoms with E-state index in [4.69, 9.17) is 8.85 Å². The van der Waals surface area contributed by atoms with Crippen LogP contribution in [0.25, 0.3) is 0 Å². The van der Waals surface area contributed by atoms with Crippen molar-refractivity contribution in [2.45, 2.75) is 45.1 Å². The highest BCUT2D eigenvalue weighted by Crippen LogP contribution is 2.23. The van der Waals surface area contributed by atoms with Crippen molar-refractivity contribution in [3.8, 4) is 0 Å². The molecule has 4 heteroatoms. The topological polar surface area (TPSA) is 21.7 Å². The summed E-state index contributed by atoms with van der Waals surface area (Å²) in [5.74, 6) is 0. The molecule has 0 aromatic carbocycles. The fraction of sp³-hybridized carbons (Fsp3) is 1.00. The molecule has 0 radical (unpaired) electrons. The van der Waals surface area contributed by atoms with Gasteiger partial charge in [-0.05, 0) is 19.4 Å². The Hall–Kier alpha value is 0.0969. The maximum absolute atomic E-state index is 5.45. The maximum atomic E-state index is 5.45. The first-order valence-electron chi connectivity index (χ1n) is 5.64. The van der Waals surface area contributed by atoms with E-state index in [-0.39, 0.29) is 0 Å². The molecule has 1 aliphatic rings. The van der Waals surface area contributed by atoms with Gasteiger partial charge in [-0.3, -0.25) is 4.57 Å². The lowest BCUT2D eigenvalue weighted by Crippen LogP contribution is -2.49. The minimum Gasteiger partial charge on any atom is -0.388 e. The van der Waals surface area contributed by atoms with Gasteiger partial charge in [-0.1, -0.05) is 26.2 Å². The zero-order chi connectivity index (χ0) is 10.4. The van der Waals surface area contributed by atoms with Gasteiger partial charge < -0.3 is 8.85 Å². The summed E-state index contributed by atoms with van der Waals surface area (Å²) in [4.78, 5) is 0. The van der Waals surface area contributed by atoms with Crippen molar-refractivity contribution < 1.29 is 8.85 Å². The largest absolute Gasteiger partial charge is 0.410 e. The molecule has 14 heavy (non-hydrogen) atoms. The summed E-state index contributed by atoms with van der Waals surface area (Å²) in [6, 6.07) is 0.713. The predicted molar refractivity (Wildman–Crippen MR) is 60.4 cm³/mol. The van der Waals surface area contributed by atoms with Gasteiger partial charge in [0.25, 0.3) is 0 Å². The maximum Gasteiger partial charge on any atom is 0.410 e. The van der Waals surface area contributed by atoms with Crippen molar-refractivity contribution in [2.75, 3.05) is 20.8 Å². The fourth-order valence-corrected chi connectivity index (χ4v) is 4.03. The van der Waals surface area contributed by atoms with Crippen LogP contribution in [0, 0.1) is 0 Å². The Labute approximate surface area is 89.3 Å². The molecule has 0 atom stereocenters. The van der Waals surface area contributed by atoms with Crippen LogP contribution >= 0.6 is 0 Å². The Morgan fingerprint density at radius 1 is 1.14 bits per heavy atom. The first-order chi connectivity index (χ1) is 6.83. The average molecular weight is 217 g/mol. The van der Waals surface area contributed by atoms with Gasteiger partial charge >= 0.3 is 9.45 Å². The number of nitrogens with zero attached hydrogens (tertiary/aromatic N) is 1. The summed E-state index contributed by atoms with van der Waals surface area (Å²) in [7, 11) is 1.99. The zero-order valence-corrected chi connectivity index (χ0v) is 10.8. The Morgan fingerprint density at radius 3 is 2.14 bits per heavy atom. The van der Waals surface area contributed by atoms with Crippen LogP contribution < -0.4 is 0 Å². The van der Waals surface area contributed by atoms with Crippen LogP contribution in [0.1, 0.15) is 39.0 Å². The molecule has 0 aliphatic heterocycles. The van der Waals surface area contributed by atoms with Crippen LogP contribution in [0.4, 0.5) is 0 Å². The molecule has 0 bridgehead atoms. The zero-order valence-electron chi connectivity index (χ0n) is 9.66. The molecule has 0 aromatic heterocycles. The molecule has 0 N–H and O–H groups in total. The molecule has 0 heterocycles. The standard InChI is InChI=1S/C10H23NO2Si/c1-4-11(14(12-2)13-3)10-8-6-5-7-9-10/h10,14H,4-9H2,1-3H3. The molecule has 0 saturated heterocycles. The van der Waals surface area contributed by atoms with Crippen LogP contribution in [0.15, 0.2) is 0 Å². The molecule has 1 fully saturated rings. The molecule has 1 rings (SSSR count).